The number of hydrogen-bond acceptors (Lipinski definition) is 5. The van der Waals surface area contributed by atoms with Crippen molar-refractivity contribution in [3.63, 3.8) is 0 Å². The van der Waals surface area contributed by atoms with Gasteiger partial charge in [-0.1, -0.05) is 28.1 Å². The van der Waals surface area contributed by atoms with E-state index in [4.69, 9.17) is 9.47 Å². The number of nitrogens with zero attached hydrogens (tertiary/aromatic N) is 2. The second-order valence-corrected chi connectivity index (χ2v) is 9.04. The first-order chi connectivity index (χ1) is 15.1. The van der Waals surface area contributed by atoms with E-state index in [0.29, 0.717) is 19.8 Å². The molecule has 4 rings (SSSR count). The summed E-state index contributed by atoms with van der Waals surface area (Å²) in [6.45, 7) is 4.89. The molecule has 0 aliphatic carbocycles. The van der Waals surface area contributed by atoms with E-state index in [1.54, 1.807) is 7.11 Å². The van der Waals surface area contributed by atoms with Crippen LogP contribution in [0.2, 0.25) is 0 Å². The fourth-order valence-corrected chi connectivity index (χ4v) is 4.84. The Balaban J connectivity index is 1.34. The Morgan fingerprint density at radius 3 is 2.45 bits per heavy atom. The number of benzene rings is 2. The van der Waals surface area contributed by atoms with E-state index in [2.05, 4.69) is 56.5 Å². The highest BCUT2D eigenvalue weighted by Crippen LogP contribution is 2.33. The SMILES string of the molecule is COc1ccc(N2CCN(C(=O)CNC3(c4cccc(Br)c4)CCOCC3)CC2)cc1. The van der Waals surface area contributed by atoms with Gasteiger partial charge in [0.2, 0.25) is 5.91 Å². The molecule has 0 unspecified atom stereocenters. The first-order valence-corrected chi connectivity index (χ1v) is 11.6. The average molecular weight is 488 g/mol. The van der Waals surface area contributed by atoms with Crippen LogP contribution in [0.25, 0.3) is 0 Å². The highest BCUT2D eigenvalue weighted by atomic mass is 79.9. The lowest BCUT2D eigenvalue weighted by Crippen LogP contribution is -2.54. The van der Waals surface area contributed by atoms with Crippen LogP contribution in [0.1, 0.15) is 18.4 Å². The molecule has 1 N–H and O–H groups in total. The second kappa shape index (κ2) is 10.0. The summed E-state index contributed by atoms with van der Waals surface area (Å²) in [5, 5.41) is 3.61. The molecule has 0 radical (unpaired) electrons. The first kappa shape index (κ1) is 22.1. The number of halogens is 1. The zero-order chi connectivity index (χ0) is 21.7. The third-order valence-electron chi connectivity index (χ3n) is 6.37. The summed E-state index contributed by atoms with van der Waals surface area (Å²) >= 11 is 3.58. The zero-order valence-corrected chi connectivity index (χ0v) is 19.6. The first-order valence-electron chi connectivity index (χ1n) is 10.9. The summed E-state index contributed by atoms with van der Waals surface area (Å²) in [6, 6.07) is 16.5. The Kier molecular flexibility index (Phi) is 7.15. The summed E-state index contributed by atoms with van der Waals surface area (Å²) in [4.78, 5) is 17.3. The van der Waals surface area contributed by atoms with Crippen molar-refractivity contribution >= 4 is 27.5 Å². The predicted octanol–water partition coefficient (Wildman–Crippen LogP) is 3.40. The molecule has 2 aliphatic rings. The van der Waals surface area contributed by atoms with Crippen LogP contribution in [0.5, 0.6) is 5.75 Å². The van der Waals surface area contributed by atoms with Gasteiger partial charge in [-0.3, -0.25) is 10.1 Å². The number of amides is 1. The fraction of sp³-hybridized carbons (Fsp3) is 0.458. The van der Waals surface area contributed by atoms with Crippen LogP contribution in [0.4, 0.5) is 5.69 Å². The predicted molar refractivity (Wildman–Crippen MR) is 126 cm³/mol. The molecule has 1 amide bonds. The van der Waals surface area contributed by atoms with Crippen molar-refractivity contribution in [1.29, 1.82) is 0 Å². The monoisotopic (exact) mass is 487 g/mol. The Hall–Kier alpha value is -2.09. The molecule has 2 saturated heterocycles. The average Bonchev–Trinajstić information content (AvgIpc) is 2.83. The largest absolute Gasteiger partial charge is 0.497 e. The summed E-state index contributed by atoms with van der Waals surface area (Å²) in [5.41, 5.74) is 2.16. The van der Waals surface area contributed by atoms with E-state index in [1.165, 1.54) is 11.3 Å². The molecule has 0 spiro atoms. The van der Waals surface area contributed by atoms with E-state index in [0.717, 1.165) is 49.2 Å². The molecule has 166 valence electrons. The number of piperazine rings is 1. The van der Waals surface area contributed by atoms with E-state index < -0.39 is 0 Å². The van der Waals surface area contributed by atoms with Gasteiger partial charge in [-0.05, 0) is 54.8 Å². The van der Waals surface area contributed by atoms with Gasteiger partial charge < -0.3 is 19.3 Å². The van der Waals surface area contributed by atoms with Crippen molar-refractivity contribution in [2.75, 3.05) is 57.9 Å². The van der Waals surface area contributed by atoms with Crippen molar-refractivity contribution < 1.29 is 14.3 Å². The van der Waals surface area contributed by atoms with E-state index in [1.807, 2.05) is 23.1 Å². The van der Waals surface area contributed by atoms with Crippen LogP contribution in [0, 0.1) is 0 Å². The molecule has 0 atom stereocenters. The number of hydrogen-bond donors (Lipinski definition) is 1. The van der Waals surface area contributed by atoms with Crippen LogP contribution in [-0.2, 0) is 15.1 Å². The van der Waals surface area contributed by atoms with Gasteiger partial charge in [-0.25, -0.2) is 0 Å². The van der Waals surface area contributed by atoms with Crippen LogP contribution in [-0.4, -0.2) is 63.9 Å². The van der Waals surface area contributed by atoms with Crippen LogP contribution in [0.3, 0.4) is 0 Å². The zero-order valence-electron chi connectivity index (χ0n) is 18.0. The van der Waals surface area contributed by atoms with Crippen LogP contribution in [0.15, 0.2) is 53.0 Å². The Bertz CT molecular complexity index is 876. The highest BCUT2D eigenvalue weighted by Gasteiger charge is 2.35. The minimum Gasteiger partial charge on any atom is -0.497 e. The normalized spacial score (nSPS) is 18.6. The molecule has 0 aromatic heterocycles. The lowest BCUT2D eigenvalue weighted by Gasteiger charge is -2.40. The van der Waals surface area contributed by atoms with Gasteiger partial charge in [0.1, 0.15) is 5.75 Å². The number of anilines is 1. The maximum atomic E-state index is 13.0. The number of carbonyl (C=O) groups is 1. The quantitative estimate of drug-likeness (QED) is 0.676. The van der Waals surface area contributed by atoms with Crippen LogP contribution >= 0.6 is 15.9 Å². The van der Waals surface area contributed by atoms with Gasteiger partial charge in [-0.2, -0.15) is 0 Å². The molecule has 2 aromatic carbocycles. The van der Waals surface area contributed by atoms with Gasteiger partial charge >= 0.3 is 0 Å². The summed E-state index contributed by atoms with van der Waals surface area (Å²) in [7, 11) is 1.68. The van der Waals surface area contributed by atoms with Crippen molar-refractivity contribution in [2.45, 2.75) is 18.4 Å². The molecule has 2 fully saturated rings. The topological polar surface area (TPSA) is 54.0 Å². The van der Waals surface area contributed by atoms with Gasteiger partial charge in [0.25, 0.3) is 0 Å². The van der Waals surface area contributed by atoms with Crippen molar-refractivity contribution in [1.82, 2.24) is 10.2 Å². The second-order valence-electron chi connectivity index (χ2n) is 8.12. The number of nitrogens with one attached hydrogen (secondary N) is 1. The van der Waals surface area contributed by atoms with E-state index in [9.17, 15) is 4.79 Å². The number of rotatable bonds is 6. The lowest BCUT2D eigenvalue weighted by molar-refractivity contribution is -0.131. The molecular weight excluding hydrogens is 458 g/mol. The standard InChI is InChI=1S/C24H30BrN3O3/c1-30-22-7-5-21(6-8-22)27-11-13-28(14-12-27)23(29)18-26-24(9-15-31-16-10-24)19-3-2-4-20(25)17-19/h2-8,17,26H,9-16,18H2,1H3. The maximum absolute atomic E-state index is 13.0. The Morgan fingerprint density at radius 1 is 1.10 bits per heavy atom. The fourth-order valence-electron chi connectivity index (χ4n) is 4.44. The maximum Gasteiger partial charge on any atom is 0.236 e. The third-order valence-corrected chi connectivity index (χ3v) is 6.86. The van der Waals surface area contributed by atoms with E-state index in [-0.39, 0.29) is 11.4 Å². The molecule has 31 heavy (non-hydrogen) atoms. The number of methoxy groups -OCH3 is 1. The molecule has 0 saturated carbocycles. The molecule has 2 heterocycles. The molecule has 2 aromatic rings. The minimum absolute atomic E-state index is 0.162. The van der Waals surface area contributed by atoms with Gasteiger partial charge in [0.15, 0.2) is 0 Å². The summed E-state index contributed by atoms with van der Waals surface area (Å²) in [5.74, 6) is 1.02. The molecule has 2 aliphatic heterocycles. The molecule has 7 heteroatoms. The molecule has 6 nitrogen and oxygen atoms in total. The highest BCUT2D eigenvalue weighted by molar-refractivity contribution is 9.10. The van der Waals surface area contributed by atoms with Crippen molar-refractivity contribution in [2.24, 2.45) is 0 Å². The molecule has 0 bridgehead atoms. The van der Waals surface area contributed by atoms with Gasteiger partial charge in [0, 0.05) is 55.1 Å². The van der Waals surface area contributed by atoms with Gasteiger partial charge in [-0.15, -0.1) is 0 Å². The number of carbonyl (C=O) groups excluding carboxylic acids is 1. The smallest absolute Gasteiger partial charge is 0.236 e. The minimum atomic E-state index is -0.220. The molecular formula is C24H30BrN3O3. The Labute approximate surface area is 192 Å². The Morgan fingerprint density at radius 2 is 1.81 bits per heavy atom. The number of ether oxygens (including phenoxy) is 2. The third kappa shape index (κ3) is 5.22. The van der Waals surface area contributed by atoms with Crippen LogP contribution < -0.4 is 15.0 Å². The van der Waals surface area contributed by atoms with Crippen molar-refractivity contribution in [3.05, 3.63) is 58.6 Å². The van der Waals surface area contributed by atoms with Gasteiger partial charge in [0.05, 0.1) is 13.7 Å². The van der Waals surface area contributed by atoms with E-state index >= 15 is 0 Å². The summed E-state index contributed by atoms with van der Waals surface area (Å²) in [6.07, 6.45) is 1.73. The summed E-state index contributed by atoms with van der Waals surface area (Å²) < 4.78 is 11.9. The van der Waals surface area contributed by atoms with Crippen molar-refractivity contribution in [3.8, 4) is 5.75 Å². The lowest BCUT2D eigenvalue weighted by atomic mass is 9.82.